The van der Waals surface area contributed by atoms with E-state index in [2.05, 4.69) is 5.32 Å². The van der Waals surface area contributed by atoms with Crippen LogP contribution in [0.2, 0.25) is 0 Å². The molecule has 1 aromatic rings. The number of likely N-dealkylation sites (tertiary alicyclic amines) is 1. The lowest BCUT2D eigenvalue weighted by Gasteiger charge is -2.30. The maximum Gasteiger partial charge on any atom is 0.329 e. The lowest BCUT2D eigenvalue weighted by Crippen LogP contribution is -2.57. The van der Waals surface area contributed by atoms with Gasteiger partial charge < -0.3 is 24.8 Å². The maximum absolute atomic E-state index is 12.9. The van der Waals surface area contributed by atoms with Gasteiger partial charge in [-0.15, -0.1) is 0 Å². The fourth-order valence-electron chi connectivity index (χ4n) is 4.17. The largest absolute Gasteiger partial charge is 0.480 e. The minimum atomic E-state index is -1.20. The number of hydrogen-bond acceptors (Lipinski definition) is 5. The third-order valence-electron chi connectivity index (χ3n) is 5.66. The SMILES string of the molecule is O=C(NC1(C(=O)O)CCCC1)[C@@H]1CCCN1C(=O)c1ccc2c(c1)OCO2. The van der Waals surface area contributed by atoms with Crippen molar-refractivity contribution < 1.29 is 29.0 Å². The Balaban J connectivity index is 1.51. The summed E-state index contributed by atoms with van der Waals surface area (Å²) >= 11 is 0. The van der Waals surface area contributed by atoms with Gasteiger partial charge in [-0.05, 0) is 43.9 Å². The van der Waals surface area contributed by atoms with Crippen LogP contribution in [0.5, 0.6) is 11.5 Å². The lowest BCUT2D eigenvalue weighted by molar-refractivity contribution is -0.148. The van der Waals surface area contributed by atoms with Crippen molar-refractivity contribution in [3.8, 4) is 11.5 Å². The van der Waals surface area contributed by atoms with Crippen molar-refractivity contribution in [2.24, 2.45) is 0 Å². The summed E-state index contributed by atoms with van der Waals surface area (Å²) in [6.45, 7) is 0.588. The predicted molar refractivity (Wildman–Crippen MR) is 93.6 cm³/mol. The molecule has 0 spiro atoms. The Labute approximate surface area is 156 Å². The van der Waals surface area contributed by atoms with E-state index in [1.807, 2.05) is 0 Å². The number of carboxylic acids is 1. The van der Waals surface area contributed by atoms with Crippen LogP contribution >= 0.6 is 0 Å². The van der Waals surface area contributed by atoms with Crippen LogP contribution in [0.25, 0.3) is 0 Å². The summed E-state index contributed by atoms with van der Waals surface area (Å²) in [5, 5.41) is 12.3. The van der Waals surface area contributed by atoms with Crippen LogP contribution < -0.4 is 14.8 Å². The average Bonchev–Trinajstić information content (AvgIpc) is 3.40. The van der Waals surface area contributed by atoms with Gasteiger partial charge in [0.05, 0.1) is 0 Å². The van der Waals surface area contributed by atoms with Gasteiger partial charge in [-0.2, -0.15) is 0 Å². The molecule has 3 aliphatic rings. The summed E-state index contributed by atoms with van der Waals surface area (Å²) in [4.78, 5) is 39.0. The molecule has 2 N–H and O–H groups in total. The highest BCUT2D eigenvalue weighted by atomic mass is 16.7. The molecule has 2 amide bonds. The number of fused-ring (bicyclic) bond motifs is 1. The van der Waals surface area contributed by atoms with Gasteiger partial charge in [0.15, 0.2) is 11.5 Å². The van der Waals surface area contributed by atoms with E-state index in [4.69, 9.17) is 9.47 Å². The van der Waals surface area contributed by atoms with Crippen LogP contribution in [-0.2, 0) is 9.59 Å². The molecule has 1 saturated carbocycles. The minimum absolute atomic E-state index is 0.124. The van der Waals surface area contributed by atoms with Crippen LogP contribution in [0.3, 0.4) is 0 Å². The van der Waals surface area contributed by atoms with Gasteiger partial charge in [-0.3, -0.25) is 9.59 Å². The number of hydrogen-bond donors (Lipinski definition) is 2. The Morgan fingerprint density at radius 2 is 1.85 bits per heavy atom. The third-order valence-corrected chi connectivity index (χ3v) is 5.66. The molecule has 0 unspecified atom stereocenters. The zero-order chi connectivity index (χ0) is 19.0. The Bertz CT molecular complexity index is 786. The molecule has 1 aromatic carbocycles. The number of carbonyl (C=O) groups is 3. The first kappa shape index (κ1) is 17.6. The quantitative estimate of drug-likeness (QED) is 0.828. The molecule has 4 rings (SSSR count). The van der Waals surface area contributed by atoms with Gasteiger partial charge in [0.25, 0.3) is 5.91 Å². The van der Waals surface area contributed by atoms with Crippen molar-refractivity contribution in [1.29, 1.82) is 0 Å². The molecule has 0 aromatic heterocycles. The van der Waals surface area contributed by atoms with Crippen LogP contribution in [0.15, 0.2) is 18.2 Å². The number of aliphatic carboxylic acids is 1. The topological polar surface area (TPSA) is 105 Å². The van der Waals surface area contributed by atoms with E-state index in [0.29, 0.717) is 49.3 Å². The molecule has 8 heteroatoms. The van der Waals surface area contributed by atoms with E-state index in [0.717, 1.165) is 12.8 Å². The average molecular weight is 374 g/mol. The molecular formula is C19H22N2O6. The smallest absolute Gasteiger partial charge is 0.329 e. The Morgan fingerprint density at radius 3 is 2.59 bits per heavy atom. The first-order valence-electron chi connectivity index (χ1n) is 9.26. The third kappa shape index (κ3) is 3.09. The summed E-state index contributed by atoms with van der Waals surface area (Å²) in [7, 11) is 0. The number of carboxylic acid groups (broad SMARTS) is 1. The highest BCUT2D eigenvalue weighted by molar-refractivity contribution is 5.99. The molecule has 144 valence electrons. The number of rotatable bonds is 4. The molecule has 27 heavy (non-hydrogen) atoms. The normalized spacial score (nSPS) is 22.7. The first-order chi connectivity index (χ1) is 13.0. The number of amides is 2. The number of ether oxygens (including phenoxy) is 2. The van der Waals surface area contributed by atoms with Gasteiger partial charge in [-0.1, -0.05) is 12.8 Å². The second-order valence-electron chi connectivity index (χ2n) is 7.31. The van der Waals surface area contributed by atoms with Crippen LogP contribution in [0, 0.1) is 0 Å². The van der Waals surface area contributed by atoms with Gasteiger partial charge in [0, 0.05) is 12.1 Å². The maximum atomic E-state index is 12.9. The van der Waals surface area contributed by atoms with Gasteiger partial charge in [0.2, 0.25) is 12.7 Å². The van der Waals surface area contributed by atoms with Crippen molar-refractivity contribution in [2.75, 3.05) is 13.3 Å². The Hall–Kier alpha value is -2.77. The number of nitrogens with one attached hydrogen (secondary N) is 1. The van der Waals surface area contributed by atoms with Crippen molar-refractivity contribution in [3.05, 3.63) is 23.8 Å². The van der Waals surface area contributed by atoms with Gasteiger partial charge in [-0.25, -0.2) is 4.79 Å². The van der Waals surface area contributed by atoms with E-state index in [-0.39, 0.29) is 18.6 Å². The second-order valence-corrected chi connectivity index (χ2v) is 7.31. The molecule has 1 saturated heterocycles. The lowest BCUT2D eigenvalue weighted by atomic mass is 9.97. The van der Waals surface area contributed by atoms with Crippen molar-refractivity contribution in [2.45, 2.75) is 50.1 Å². The number of nitrogens with zero attached hydrogens (tertiary/aromatic N) is 1. The zero-order valence-corrected chi connectivity index (χ0v) is 14.9. The summed E-state index contributed by atoms with van der Waals surface area (Å²) < 4.78 is 10.6. The van der Waals surface area contributed by atoms with Crippen molar-refractivity contribution >= 4 is 17.8 Å². The Kier molecular flexibility index (Phi) is 4.41. The summed E-state index contributed by atoms with van der Waals surface area (Å²) in [5.74, 6) is -0.545. The molecular weight excluding hydrogens is 352 g/mol. The van der Waals surface area contributed by atoms with Crippen molar-refractivity contribution in [1.82, 2.24) is 10.2 Å². The zero-order valence-electron chi connectivity index (χ0n) is 14.9. The fourth-order valence-corrected chi connectivity index (χ4v) is 4.17. The van der Waals surface area contributed by atoms with Gasteiger partial charge >= 0.3 is 5.97 Å². The van der Waals surface area contributed by atoms with E-state index < -0.39 is 17.6 Å². The van der Waals surface area contributed by atoms with E-state index in [1.54, 1.807) is 18.2 Å². The highest BCUT2D eigenvalue weighted by Crippen LogP contribution is 2.34. The molecule has 2 aliphatic heterocycles. The van der Waals surface area contributed by atoms with Gasteiger partial charge in [0.1, 0.15) is 11.6 Å². The molecule has 8 nitrogen and oxygen atoms in total. The van der Waals surface area contributed by atoms with Crippen molar-refractivity contribution in [3.63, 3.8) is 0 Å². The molecule has 1 atom stereocenters. The molecule has 0 bridgehead atoms. The fraction of sp³-hybridized carbons (Fsp3) is 0.526. The standard InChI is InChI=1S/C19H22N2O6/c22-16(20-19(18(24)25)7-1-2-8-19)13-4-3-9-21(13)17(23)12-5-6-14-15(10-12)27-11-26-14/h5-6,10,13H,1-4,7-9,11H2,(H,20,22)(H,24,25)/t13-/m0/s1. The number of carbonyl (C=O) groups excluding carboxylic acids is 2. The Morgan fingerprint density at radius 1 is 1.11 bits per heavy atom. The van der Waals surface area contributed by atoms with Crippen LogP contribution in [0.4, 0.5) is 0 Å². The highest BCUT2D eigenvalue weighted by Gasteiger charge is 2.45. The van der Waals surface area contributed by atoms with E-state index >= 15 is 0 Å². The minimum Gasteiger partial charge on any atom is -0.480 e. The van der Waals surface area contributed by atoms with Crippen LogP contribution in [-0.4, -0.2) is 52.7 Å². The summed E-state index contributed by atoms with van der Waals surface area (Å²) in [6, 6.07) is 4.30. The van der Waals surface area contributed by atoms with Crippen LogP contribution in [0.1, 0.15) is 48.9 Å². The summed E-state index contributed by atoms with van der Waals surface area (Å²) in [5.41, 5.74) is -0.777. The molecule has 1 aliphatic carbocycles. The molecule has 2 fully saturated rings. The molecule has 2 heterocycles. The van der Waals surface area contributed by atoms with E-state index in [9.17, 15) is 19.5 Å². The monoisotopic (exact) mass is 374 g/mol. The number of benzene rings is 1. The predicted octanol–water partition coefficient (Wildman–Crippen LogP) is 1.53. The first-order valence-corrected chi connectivity index (χ1v) is 9.26. The van der Waals surface area contributed by atoms with E-state index in [1.165, 1.54) is 4.90 Å². The second kappa shape index (κ2) is 6.75. The summed E-state index contributed by atoms with van der Waals surface area (Å²) in [6.07, 6.45) is 3.63. The molecule has 0 radical (unpaired) electrons.